The summed E-state index contributed by atoms with van der Waals surface area (Å²) in [6, 6.07) is 12.5. The molecular formula is C31H44N4O6S. The highest BCUT2D eigenvalue weighted by Crippen LogP contribution is 2.30. The number of nitrogens with one attached hydrogen (secondary N) is 1. The second-order valence-electron chi connectivity index (χ2n) is 11.9. The van der Waals surface area contributed by atoms with Crippen LogP contribution in [0.15, 0.2) is 42.5 Å². The predicted molar refractivity (Wildman–Crippen MR) is 166 cm³/mol. The number of hydrogen-bond donors (Lipinski definition) is 2. The first-order chi connectivity index (χ1) is 19.7. The Hall–Kier alpha value is -3.25. The van der Waals surface area contributed by atoms with Crippen molar-refractivity contribution in [2.45, 2.75) is 85.0 Å². The molecule has 3 N–H and O–H groups in total. The highest BCUT2D eigenvalue weighted by Gasteiger charge is 2.26. The maximum absolute atomic E-state index is 13.8. The summed E-state index contributed by atoms with van der Waals surface area (Å²) < 4.78 is 23.3. The first-order valence-corrected chi connectivity index (χ1v) is 14.8. The van der Waals surface area contributed by atoms with Crippen molar-refractivity contribution in [1.29, 1.82) is 0 Å². The molecule has 2 aromatic carbocycles. The largest absolute Gasteiger partial charge is 0.488 e. The van der Waals surface area contributed by atoms with E-state index in [2.05, 4.69) is 10.3 Å². The van der Waals surface area contributed by atoms with E-state index in [0.717, 1.165) is 21.6 Å². The van der Waals surface area contributed by atoms with Gasteiger partial charge in [0.2, 0.25) is 5.91 Å². The van der Waals surface area contributed by atoms with Gasteiger partial charge in [-0.2, -0.15) is 0 Å². The SMILES string of the molecule is CCOC(CN(Cc1cccc2sc(NC(=O)OC(C)(C)C)nc12)C(=O)[C@@H](N)Cc1ccc(OC(C)(C)C)cc1)OC. The molecule has 0 radical (unpaired) electrons. The first kappa shape index (κ1) is 33.3. The van der Waals surface area contributed by atoms with E-state index in [-0.39, 0.29) is 24.6 Å². The Bertz CT molecular complexity index is 1330. The third-order valence-electron chi connectivity index (χ3n) is 5.89. The molecule has 3 rings (SSSR count). The van der Waals surface area contributed by atoms with Gasteiger partial charge in [0.1, 0.15) is 17.0 Å². The molecule has 42 heavy (non-hydrogen) atoms. The molecular weight excluding hydrogens is 556 g/mol. The number of para-hydroxylation sites is 1. The number of methoxy groups -OCH3 is 1. The number of ether oxygens (including phenoxy) is 4. The summed E-state index contributed by atoms with van der Waals surface area (Å²) in [6.07, 6.45) is -0.856. The number of thiazole rings is 1. The van der Waals surface area contributed by atoms with E-state index in [0.29, 0.717) is 23.7 Å². The number of fused-ring (bicyclic) bond motifs is 1. The number of amides is 2. The van der Waals surface area contributed by atoms with Gasteiger partial charge in [0, 0.05) is 20.3 Å². The fraction of sp³-hybridized carbons (Fsp3) is 0.516. The quantitative estimate of drug-likeness (QED) is 0.253. The van der Waals surface area contributed by atoms with Crippen LogP contribution in [0.2, 0.25) is 0 Å². The van der Waals surface area contributed by atoms with Crippen molar-refractivity contribution in [1.82, 2.24) is 9.88 Å². The minimum absolute atomic E-state index is 0.179. The van der Waals surface area contributed by atoms with Gasteiger partial charge in [-0.05, 0) is 84.2 Å². The van der Waals surface area contributed by atoms with E-state index in [1.807, 2.05) is 70.2 Å². The number of nitrogens with zero attached hydrogens (tertiary/aromatic N) is 2. The average Bonchev–Trinajstić information content (AvgIpc) is 3.29. The van der Waals surface area contributed by atoms with E-state index in [4.69, 9.17) is 24.7 Å². The minimum Gasteiger partial charge on any atom is -0.488 e. The summed E-state index contributed by atoms with van der Waals surface area (Å²) in [7, 11) is 1.54. The molecule has 0 saturated carbocycles. The molecule has 2 atom stereocenters. The number of aromatic nitrogens is 1. The first-order valence-electron chi connectivity index (χ1n) is 14.0. The van der Waals surface area contributed by atoms with Crippen molar-refractivity contribution in [3.05, 3.63) is 53.6 Å². The maximum Gasteiger partial charge on any atom is 0.413 e. The molecule has 2 amide bonds. The third kappa shape index (κ3) is 10.2. The fourth-order valence-electron chi connectivity index (χ4n) is 4.20. The normalized spacial score (nSPS) is 13.5. The van der Waals surface area contributed by atoms with Gasteiger partial charge < -0.3 is 29.6 Å². The van der Waals surface area contributed by atoms with Crippen molar-refractivity contribution >= 4 is 38.7 Å². The van der Waals surface area contributed by atoms with Crippen LogP contribution < -0.4 is 15.8 Å². The Morgan fingerprint density at radius 2 is 1.74 bits per heavy atom. The van der Waals surface area contributed by atoms with Gasteiger partial charge in [0.15, 0.2) is 11.4 Å². The summed E-state index contributed by atoms with van der Waals surface area (Å²) in [4.78, 5) is 32.3. The van der Waals surface area contributed by atoms with Crippen LogP contribution in [-0.2, 0) is 32.0 Å². The Morgan fingerprint density at radius 3 is 2.33 bits per heavy atom. The van der Waals surface area contributed by atoms with Crippen molar-refractivity contribution in [2.75, 3.05) is 25.6 Å². The molecule has 0 aliphatic heterocycles. The standard InChI is InChI=1S/C31H44N4O6S/c1-9-39-25(38-8)19-35(27(36)23(32)17-20-13-15-22(16-14-20)40-30(2,3)4)18-21-11-10-12-24-26(21)33-28(42-24)34-29(37)41-31(5,6)7/h10-16,23,25H,9,17-19,32H2,1-8H3,(H,33,34,37)/t23-,25?/m0/s1. The molecule has 0 aliphatic rings. The van der Waals surface area contributed by atoms with Crippen LogP contribution in [0, 0.1) is 0 Å². The second-order valence-corrected chi connectivity index (χ2v) is 12.9. The lowest BCUT2D eigenvalue weighted by Crippen LogP contribution is -2.48. The summed E-state index contributed by atoms with van der Waals surface area (Å²) >= 11 is 1.33. The zero-order chi connectivity index (χ0) is 31.1. The van der Waals surface area contributed by atoms with Gasteiger partial charge in [-0.15, -0.1) is 0 Å². The Morgan fingerprint density at radius 1 is 1.05 bits per heavy atom. The lowest BCUT2D eigenvalue weighted by atomic mass is 10.0. The summed E-state index contributed by atoms with van der Waals surface area (Å²) in [5.41, 5.74) is 7.94. The van der Waals surface area contributed by atoms with Crippen LogP contribution in [0.3, 0.4) is 0 Å². The lowest BCUT2D eigenvalue weighted by Gasteiger charge is -2.29. The van der Waals surface area contributed by atoms with E-state index in [9.17, 15) is 9.59 Å². The number of rotatable bonds is 12. The second kappa shape index (κ2) is 14.3. The Kier molecular flexibility index (Phi) is 11.3. The highest BCUT2D eigenvalue weighted by molar-refractivity contribution is 7.22. The van der Waals surface area contributed by atoms with Gasteiger partial charge in [0.05, 0.1) is 22.8 Å². The molecule has 1 aromatic heterocycles. The van der Waals surface area contributed by atoms with E-state index in [1.165, 1.54) is 11.3 Å². The zero-order valence-electron chi connectivity index (χ0n) is 25.9. The topological polar surface area (TPSA) is 125 Å². The Labute approximate surface area is 252 Å². The smallest absolute Gasteiger partial charge is 0.413 e. The Balaban J connectivity index is 1.81. The monoisotopic (exact) mass is 600 g/mol. The van der Waals surface area contributed by atoms with Gasteiger partial charge in [0.25, 0.3) is 0 Å². The number of nitrogens with two attached hydrogens (primary N) is 1. The molecule has 3 aromatic rings. The summed E-state index contributed by atoms with van der Waals surface area (Å²) in [6.45, 7) is 14.1. The van der Waals surface area contributed by atoms with E-state index in [1.54, 1.807) is 32.8 Å². The van der Waals surface area contributed by atoms with E-state index >= 15 is 0 Å². The van der Waals surface area contributed by atoms with Crippen LogP contribution in [0.5, 0.6) is 5.75 Å². The minimum atomic E-state index is -0.794. The molecule has 11 heteroatoms. The molecule has 1 heterocycles. The van der Waals surface area contributed by atoms with Crippen molar-refractivity contribution in [2.24, 2.45) is 5.73 Å². The van der Waals surface area contributed by atoms with Crippen molar-refractivity contribution in [3.63, 3.8) is 0 Å². The average molecular weight is 601 g/mol. The van der Waals surface area contributed by atoms with Crippen LogP contribution in [-0.4, -0.2) is 65.7 Å². The van der Waals surface area contributed by atoms with Crippen LogP contribution in [0.25, 0.3) is 10.2 Å². The van der Waals surface area contributed by atoms with Crippen LogP contribution in [0.1, 0.15) is 59.6 Å². The molecule has 0 bridgehead atoms. The van der Waals surface area contributed by atoms with Crippen molar-refractivity contribution < 1.29 is 28.5 Å². The van der Waals surface area contributed by atoms with Gasteiger partial charge in [-0.1, -0.05) is 35.6 Å². The summed E-state index contributed by atoms with van der Waals surface area (Å²) in [5, 5.41) is 3.11. The molecule has 0 aliphatic carbocycles. The summed E-state index contributed by atoms with van der Waals surface area (Å²) in [5.74, 6) is 0.510. The van der Waals surface area contributed by atoms with Crippen LogP contribution in [0.4, 0.5) is 9.93 Å². The zero-order valence-corrected chi connectivity index (χ0v) is 26.7. The molecule has 0 fully saturated rings. The van der Waals surface area contributed by atoms with E-state index < -0.39 is 24.0 Å². The number of carbonyl (C=O) groups excluding carboxylic acids is 2. The lowest BCUT2D eigenvalue weighted by molar-refractivity contribution is -0.153. The molecule has 230 valence electrons. The number of hydrogen-bond acceptors (Lipinski definition) is 9. The molecule has 0 saturated heterocycles. The highest BCUT2D eigenvalue weighted by atomic mass is 32.1. The third-order valence-corrected chi connectivity index (χ3v) is 6.82. The van der Waals surface area contributed by atoms with Crippen molar-refractivity contribution in [3.8, 4) is 5.75 Å². The molecule has 0 spiro atoms. The van der Waals surface area contributed by atoms with Gasteiger partial charge in [-0.3, -0.25) is 10.1 Å². The van der Waals surface area contributed by atoms with Crippen LogP contribution >= 0.6 is 11.3 Å². The van der Waals surface area contributed by atoms with Gasteiger partial charge in [-0.25, -0.2) is 9.78 Å². The fourth-order valence-corrected chi connectivity index (χ4v) is 5.10. The van der Waals surface area contributed by atoms with Gasteiger partial charge >= 0.3 is 6.09 Å². The number of anilines is 1. The maximum atomic E-state index is 13.8. The molecule has 10 nitrogen and oxygen atoms in total. The molecule has 1 unspecified atom stereocenters. The number of carbonyl (C=O) groups is 2. The predicted octanol–water partition coefficient (Wildman–Crippen LogP) is 5.73. The number of benzene rings is 2.